The van der Waals surface area contributed by atoms with Crippen molar-refractivity contribution in [3.8, 4) is 5.82 Å². The quantitative estimate of drug-likeness (QED) is 0.562. The van der Waals surface area contributed by atoms with E-state index in [1.54, 1.807) is 12.1 Å². The number of aryl methyl sites for hydroxylation is 1. The number of pyridine rings is 2. The Morgan fingerprint density at radius 3 is 2.67 bits per heavy atom. The molecule has 2 saturated heterocycles. The van der Waals surface area contributed by atoms with Gasteiger partial charge in [0.1, 0.15) is 0 Å². The number of carbonyl (C=O) groups is 1. The molecule has 0 radical (unpaired) electrons. The molecule has 7 nitrogen and oxygen atoms in total. The average molecular weight is 477 g/mol. The highest BCUT2D eigenvalue weighted by atomic mass is 35.5. The smallest absolute Gasteiger partial charge is 0.332 e. The fourth-order valence-corrected chi connectivity index (χ4v) is 5.24. The highest BCUT2D eigenvalue weighted by molar-refractivity contribution is 6.31. The van der Waals surface area contributed by atoms with Crippen LogP contribution in [-0.4, -0.2) is 47.9 Å². The molecule has 2 bridgehead atoms. The minimum Gasteiger partial charge on any atom is -0.332 e. The molecule has 2 aliphatic rings. The molecule has 0 aliphatic carbocycles. The van der Waals surface area contributed by atoms with Crippen LogP contribution in [0.1, 0.15) is 46.6 Å². The highest BCUT2D eigenvalue weighted by Crippen LogP contribution is 2.44. The summed E-state index contributed by atoms with van der Waals surface area (Å²) >= 11 is 6.14. The fraction of sp³-hybridized carbons (Fsp3) is 0.409. The summed E-state index contributed by atoms with van der Waals surface area (Å²) in [6.07, 6.45) is 2.26. The number of rotatable bonds is 4. The van der Waals surface area contributed by atoms with Gasteiger partial charge in [0.15, 0.2) is 5.82 Å². The Labute approximate surface area is 192 Å². The second kappa shape index (κ2) is 8.09. The van der Waals surface area contributed by atoms with Crippen LogP contribution >= 0.6 is 11.6 Å². The minimum absolute atomic E-state index is 0.000234. The molecule has 172 valence electrons. The maximum absolute atomic E-state index is 13.6. The maximum Gasteiger partial charge on any atom is 0.417 e. The molecule has 11 heteroatoms. The number of aromatic nitrogens is 5. The van der Waals surface area contributed by atoms with Crippen molar-refractivity contribution in [2.75, 3.05) is 0 Å². The predicted octanol–water partition coefficient (Wildman–Crippen LogP) is 4.27. The van der Waals surface area contributed by atoms with Gasteiger partial charge in [-0.3, -0.25) is 9.78 Å². The van der Waals surface area contributed by atoms with Crippen molar-refractivity contribution in [1.29, 1.82) is 0 Å². The zero-order valence-corrected chi connectivity index (χ0v) is 18.4. The van der Waals surface area contributed by atoms with Crippen LogP contribution in [-0.2, 0) is 12.6 Å². The Morgan fingerprint density at radius 2 is 1.97 bits per heavy atom. The van der Waals surface area contributed by atoms with E-state index in [4.69, 9.17) is 11.6 Å². The topological polar surface area (TPSA) is 76.8 Å². The Bertz CT molecular complexity index is 1200. The number of carbonyl (C=O) groups excluding carboxylic acids is 1. The highest BCUT2D eigenvalue weighted by Gasteiger charge is 2.49. The molecule has 5 rings (SSSR count). The second-order valence-corrected chi connectivity index (χ2v) is 8.91. The second-order valence-electron chi connectivity index (χ2n) is 8.50. The summed E-state index contributed by atoms with van der Waals surface area (Å²) in [6.45, 7) is 1.83. The molecule has 2 fully saturated rings. The van der Waals surface area contributed by atoms with E-state index in [-0.39, 0.29) is 28.9 Å². The fourth-order valence-electron chi connectivity index (χ4n) is 5.00. The van der Waals surface area contributed by atoms with Crippen LogP contribution in [0.5, 0.6) is 0 Å². The van der Waals surface area contributed by atoms with Gasteiger partial charge < -0.3 is 4.90 Å². The normalized spacial score (nSPS) is 22.2. The number of fused-ring (bicyclic) bond motifs is 2. The molecule has 3 aromatic heterocycles. The van der Waals surface area contributed by atoms with Crippen molar-refractivity contribution in [1.82, 2.24) is 29.9 Å². The lowest BCUT2D eigenvalue weighted by Crippen LogP contribution is -2.37. The van der Waals surface area contributed by atoms with Gasteiger partial charge in [-0.25, -0.2) is 4.98 Å². The number of nitrogens with zero attached hydrogens (tertiary/aromatic N) is 6. The number of amides is 1. The summed E-state index contributed by atoms with van der Waals surface area (Å²) < 4.78 is 38.8. The van der Waals surface area contributed by atoms with Crippen molar-refractivity contribution < 1.29 is 18.0 Å². The van der Waals surface area contributed by atoms with Gasteiger partial charge >= 0.3 is 6.18 Å². The van der Waals surface area contributed by atoms with E-state index < -0.39 is 11.7 Å². The van der Waals surface area contributed by atoms with Crippen LogP contribution in [0.4, 0.5) is 13.2 Å². The van der Waals surface area contributed by atoms with Gasteiger partial charge in [0.25, 0.3) is 5.91 Å². The van der Waals surface area contributed by atoms with Crippen LogP contribution in [0.2, 0.25) is 5.02 Å². The molecule has 3 unspecified atom stereocenters. The van der Waals surface area contributed by atoms with Gasteiger partial charge in [0.05, 0.1) is 34.2 Å². The van der Waals surface area contributed by atoms with Crippen molar-refractivity contribution >= 4 is 17.5 Å². The van der Waals surface area contributed by atoms with E-state index >= 15 is 0 Å². The molecular formula is C22H20ClF3N6O. The molecule has 3 aromatic rings. The summed E-state index contributed by atoms with van der Waals surface area (Å²) in [6, 6.07) is 4.45. The summed E-state index contributed by atoms with van der Waals surface area (Å²) in [7, 11) is 0. The van der Waals surface area contributed by atoms with Crippen molar-refractivity contribution in [2.24, 2.45) is 5.92 Å². The van der Waals surface area contributed by atoms with Gasteiger partial charge in [-0.2, -0.15) is 23.4 Å². The standard InChI is InChI=1S/C22H20ClF3N6O/c1-12-2-4-16(20(30-12)32-28-6-7-29-32)21(33)31-15-3-5-19(31)13(8-15)9-18-17(23)10-14(11-27-18)22(24,25)26/h2,4,6-7,10-11,13,15,19H,3,5,8-9H2,1H3. The van der Waals surface area contributed by atoms with E-state index in [2.05, 4.69) is 20.2 Å². The molecule has 0 spiro atoms. The van der Waals surface area contributed by atoms with Crippen LogP contribution in [0.15, 0.2) is 36.8 Å². The van der Waals surface area contributed by atoms with Gasteiger partial charge in [-0.1, -0.05) is 11.6 Å². The van der Waals surface area contributed by atoms with Gasteiger partial charge in [-0.05, 0) is 56.7 Å². The van der Waals surface area contributed by atoms with Crippen LogP contribution in [0, 0.1) is 12.8 Å². The number of halogens is 4. The summed E-state index contributed by atoms with van der Waals surface area (Å²) in [5, 5.41) is 8.25. The molecule has 33 heavy (non-hydrogen) atoms. The zero-order chi connectivity index (χ0) is 23.3. The molecule has 5 heterocycles. The van der Waals surface area contributed by atoms with Crippen molar-refractivity contribution in [3.63, 3.8) is 0 Å². The number of hydrogen-bond acceptors (Lipinski definition) is 5. The third-order valence-electron chi connectivity index (χ3n) is 6.45. The average Bonchev–Trinajstić information content (AvgIpc) is 3.50. The lowest BCUT2D eigenvalue weighted by Gasteiger charge is -2.25. The number of hydrogen-bond donors (Lipinski definition) is 0. The predicted molar refractivity (Wildman–Crippen MR) is 113 cm³/mol. The maximum atomic E-state index is 13.6. The molecular weight excluding hydrogens is 457 g/mol. The summed E-state index contributed by atoms with van der Waals surface area (Å²) in [4.78, 5) is 25.3. The molecule has 0 N–H and O–H groups in total. The number of alkyl halides is 3. The molecule has 0 aromatic carbocycles. The Hall–Kier alpha value is -3.01. The Morgan fingerprint density at radius 1 is 1.21 bits per heavy atom. The first-order chi connectivity index (χ1) is 15.7. The van der Waals surface area contributed by atoms with E-state index in [1.165, 1.54) is 17.2 Å². The van der Waals surface area contributed by atoms with E-state index in [0.29, 0.717) is 23.5 Å². The summed E-state index contributed by atoms with van der Waals surface area (Å²) in [5.74, 6) is 0.302. The Balaban J connectivity index is 1.39. The van der Waals surface area contributed by atoms with Gasteiger partial charge in [0, 0.05) is 24.0 Å². The largest absolute Gasteiger partial charge is 0.417 e. The van der Waals surface area contributed by atoms with Gasteiger partial charge in [0.2, 0.25) is 0 Å². The first-order valence-corrected chi connectivity index (χ1v) is 11.0. The minimum atomic E-state index is -4.49. The van der Waals surface area contributed by atoms with E-state index in [0.717, 1.165) is 37.2 Å². The SMILES string of the molecule is Cc1ccc(C(=O)N2C3CCC2C(Cc2ncc(C(F)(F)F)cc2Cl)C3)c(-n2nccn2)n1. The third kappa shape index (κ3) is 3.96. The van der Waals surface area contributed by atoms with Crippen LogP contribution in [0.25, 0.3) is 5.82 Å². The molecule has 0 saturated carbocycles. The molecule has 2 aliphatic heterocycles. The molecule has 1 amide bonds. The monoisotopic (exact) mass is 476 g/mol. The first kappa shape index (κ1) is 21.8. The van der Waals surface area contributed by atoms with Gasteiger partial charge in [-0.15, -0.1) is 4.80 Å². The first-order valence-electron chi connectivity index (χ1n) is 10.6. The third-order valence-corrected chi connectivity index (χ3v) is 6.78. The lowest BCUT2D eigenvalue weighted by atomic mass is 9.86. The van der Waals surface area contributed by atoms with Crippen LogP contribution < -0.4 is 0 Å². The van der Waals surface area contributed by atoms with Crippen molar-refractivity contribution in [2.45, 2.75) is 50.9 Å². The lowest BCUT2D eigenvalue weighted by molar-refractivity contribution is -0.137. The zero-order valence-electron chi connectivity index (χ0n) is 17.6. The van der Waals surface area contributed by atoms with E-state index in [9.17, 15) is 18.0 Å². The Kier molecular flexibility index (Phi) is 5.35. The van der Waals surface area contributed by atoms with Crippen LogP contribution in [0.3, 0.4) is 0 Å². The van der Waals surface area contributed by atoms with E-state index in [1.807, 2.05) is 11.8 Å². The van der Waals surface area contributed by atoms with Crippen molar-refractivity contribution in [3.05, 3.63) is 64.3 Å². The molecule has 3 atom stereocenters. The summed E-state index contributed by atoms with van der Waals surface area (Å²) in [5.41, 5.74) is 0.713.